The van der Waals surface area contributed by atoms with Crippen LogP contribution in [0.3, 0.4) is 0 Å². The first-order valence-electron chi connectivity index (χ1n) is 9.59. The van der Waals surface area contributed by atoms with Crippen LogP contribution >= 0.6 is 0 Å². The van der Waals surface area contributed by atoms with Crippen LogP contribution in [0, 0.1) is 12.3 Å². The van der Waals surface area contributed by atoms with Gasteiger partial charge in [-0.2, -0.15) is 0 Å². The number of unbranched alkanes of at least 4 members (excludes halogenated alkanes) is 14. The summed E-state index contributed by atoms with van der Waals surface area (Å²) >= 11 is 0. The molecule has 0 aromatic carbocycles. The molecule has 0 aromatic heterocycles. The highest BCUT2D eigenvalue weighted by atomic mass is 14.0. The fraction of sp³-hybridized carbons (Fsp3) is 0.950. The van der Waals surface area contributed by atoms with Crippen LogP contribution in [-0.4, -0.2) is 0 Å². The highest BCUT2D eigenvalue weighted by molar-refractivity contribution is 4.64. The maximum atomic E-state index is 2.54. The Labute approximate surface area is 130 Å². The molecule has 0 spiro atoms. The topological polar surface area (TPSA) is 0 Å². The molecular weight excluding hydrogens is 240 g/mol. The molecule has 0 aliphatic heterocycles. The zero-order chi connectivity index (χ0) is 14.9. The van der Waals surface area contributed by atoms with E-state index in [0.717, 1.165) is 5.92 Å². The standard InChI is InChI=1S/C20H41/c1-4-5-6-7-8-9-10-11-12-13-14-15-16-17-18-19-20(2)3/h12,20H,4-11,13-19H2,1-3H3. The van der Waals surface area contributed by atoms with Gasteiger partial charge in [0, 0.05) is 0 Å². The maximum Gasteiger partial charge on any atom is -0.0386 e. The second-order valence-electron chi connectivity index (χ2n) is 6.94. The average Bonchev–Trinajstić information content (AvgIpc) is 2.43. The quantitative estimate of drug-likeness (QED) is 0.254. The third-order valence-electron chi connectivity index (χ3n) is 4.20. The molecule has 0 saturated heterocycles. The third kappa shape index (κ3) is 18.0. The van der Waals surface area contributed by atoms with Gasteiger partial charge in [-0.15, -0.1) is 0 Å². The molecule has 0 rings (SSSR count). The Kier molecular flexibility index (Phi) is 17.1. The monoisotopic (exact) mass is 281 g/mol. The van der Waals surface area contributed by atoms with E-state index in [4.69, 9.17) is 0 Å². The van der Waals surface area contributed by atoms with E-state index >= 15 is 0 Å². The number of hydrogen-bond acceptors (Lipinski definition) is 0. The Bertz CT molecular complexity index is 159. The molecule has 0 aliphatic rings. The number of rotatable bonds is 16. The summed E-state index contributed by atoms with van der Waals surface area (Å²) in [5, 5.41) is 0. The second-order valence-corrected chi connectivity index (χ2v) is 6.94. The molecule has 0 heteroatoms. The van der Waals surface area contributed by atoms with Crippen molar-refractivity contribution in [2.24, 2.45) is 5.92 Å². The van der Waals surface area contributed by atoms with Crippen molar-refractivity contribution in [3.8, 4) is 0 Å². The molecule has 0 nitrogen and oxygen atoms in total. The lowest BCUT2D eigenvalue weighted by Crippen LogP contribution is -1.87. The molecule has 0 unspecified atom stereocenters. The van der Waals surface area contributed by atoms with Crippen LogP contribution in [0.5, 0.6) is 0 Å². The van der Waals surface area contributed by atoms with Crippen molar-refractivity contribution in [1.29, 1.82) is 0 Å². The second kappa shape index (κ2) is 17.1. The van der Waals surface area contributed by atoms with Gasteiger partial charge in [0.25, 0.3) is 0 Å². The lowest BCUT2D eigenvalue weighted by atomic mass is 10.0. The van der Waals surface area contributed by atoms with E-state index in [9.17, 15) is 0 Å². The van der Waals surface area contributed by atoms with Gasteiger partial charge in [0.05, 0.1) is 0 Å². The van der Waals surface area contributed by atoms with E-state index in [1.807, 2.05) is 0 Å². The third-order valence-corrected chi connectivity index (χ3v) is 4.20. The molecule has 0 bridgehead atoms. The molecule has 20 heavy (non-hydrogen) atoms. The van der Waals surface area contributed by atoms with E-state index in [-0.39, 0.29) is 0 Å². The fourth-order valence-corrected chi connectivity index (χ4v) is 2.76. The predicted octanol–water partition coefficient (Wildman–Crippen LogP) is 7.72. The van der Waals surface area contributed by atoms with Crippen molar-refractivity contribution in [3.63, 3.8) is 0 Å². The molecular formula is C20H41. The molecule has 0 saturated carbocycles. The first-order valence-corrected chi connectivity index (χ1v) is 9.59. The highest BCUT2D eigenvalue weighted by Crippen LogP contribution is 2.14. The summed E-state index contributed by atoms with van der Waals surface area (Å²) in [6.45, 7) is 6.96. The summed E-state index contributed by atoms with van der Waals surface area (Å²) in [6.07, 6.45) is 24.0. The smallest absolute Gasteiger partial charge is 0.0386 e. The minimum Gasteiger partial charge on any atom is -0.0654 e. The maximum absolute atomic E-state index is 2.54. The minimum atomic E-state index is 0.894. The van der Waals surface area contributed by atoms with Crippen molar-refractivity contribution in [2.75, 3.05) is 0 Å². The van der Waals surface area contributed by atoms with Crippen LogP contribution in [0.4, 0.5) is 0 Å². The summed E-state index contributed by atoms with van der Waals surface area (Å²) in [4.78, 5) is 0. The van der Waals surface area contributed by atoms with Crippen LogP contribution in [0.1, 0.15) is 117 Å². The lowest BCUT2D eigenvalue weighted by molar-refractivity contribution is 0.513. The average molecular weight is 282 g/mol. The van der Waals surface area contributed by atoms with Crippen molar-refractivity contribution in [1.82, 2.24) is 0 Å². The van der Waals surface area contributed by atoms with E-state index < -0.39 is 0 Å². The molecule has 0 fully saturated rings. The summed E-state index contributed by atoms with van der Waals surface area (Å²) in [6, 6.07) is 0. The molecule has 0 heterocycles. The van der Waals surface area contributed by atoms with Crippen molar-refractivity contribution in [3.05, 3.63) is 6.42 Å². The molecule has 0 N–H and O–H groups in total. The van der Waals surface area contributed by atoms with E-state index in [1.54, 1.807) is 0 Å². The van der Waals surface area contributed by atoms with Gasteiger partial charge in [-0.05, 0) is 12.3 Å². The molecule has 0 amide bonds. The molecule has 0 aromatic rings. The van der Waals surface area contributed by atoms with Crippen molar-refractivity contribution < 1.29 is 0 Å². The predicted molar refractivity (Wildman–Crippen MR) is 94.1 cm³/mol. The fourth-order valence-electron chi connectivity index (χ4n) is 2.76. The largest absolute Gasteiger partial charge is 0.0654 e. The summed E-state index contributed by atoms with van der Waals surface area (Å²) in [5.41, 5.74) is 0. The molecule has 0 atom stereocenters. The summed E-state index contributed by atoms with van der Waals surface area (Å²) in [7, 11) is 0. The van der Waals surface area contributed by atoms with Gasteiger partial charge < -0.3 is 0 Å². The minimum absolute atomic E-state index is 0.894. The van der Waals surface area contributed by atoms with Crippen LogP contribution in [0.15, 0.2) is 0 Å². The Morgan fingerprint density at radius 2 is 1.05 bits per heavy atom. The van der Waals surface area contributed by atoms with Crippen LogP contribution in [-0.2, 0) is 0 Å². The zero-order valence-corrected chi connectivity index (χ0v) is 14.8. The van der Waals surface area contributed by atoms with E-state index in [0.29, 0.717) is 0 Å². The van der Waals surface area contributed by atoms with Gasteiger partial charge in [0.1, 0.15) is 0 Å². The normalized spacial score (nSPS) is 11.4. The summed E-state index contributed by atoms with van der Waals surface area (Å²) < 4.78 is 0. The van der Waals surface area contributed by atoms with E-state index in [2.05, 4.69) is 27.2 Å². The Morgan fingerprint density at radius 1 is 0.600 bits per heavy atom. The Morgan fingerprint density at radius 3 is 1.55 bits per heavy atom. The van der Waals surface area contributed by atoms with Crippen molar-refractivity contribution in [2.45, 2.75) is 117 Å². The zero-order valence-electron chi connectivity index (χ0n) is 14.8. The Hall–Kier alpha value is 0. The Balaban J connectivity index is 2.92. The highest BCUT2D eigenvalue weighted by Gasteiger charge is 1.96. The van der Waals surface area contributed by atoms with Crippen LogP contribution in [0.25, 0.3) is 0 Å². The first kappa shape index (κ1) is 20.0. The van der Waals surface area contributed by atoms with Gasteiger partial charge in [-0.25, -0.2) is 0 Å². The SMILES string of the molecule is CCCCCCCCC[CH]CCCCCCCC(C)C. The number of hydrogen-bond donors (Lipinski definition) is 0. The van der Waals surface area contributed by atoms with E-state index in [1.165, 1.54) is 96.3 Å². The van der Waals surface area contributed by atoms with Gasteiger partial charge in [0.2, 0.25) is 0 Å². The lowest BCUT2D eigenvalue weighted by Gasteiger charge is -2.04. The van der Waals surface area contributed by atoms with Crippen LogP contribution in [0.2, 0.25) is 0 Å². The summed E-state index contributed by atoms with van der Waals surface area (Å²) in [5.74, 6) is 0.894. The van der Waals surface area contributed by atoms with Gasteiger partial charge in [0.15, 0.2) is 0 Å². The molecule has 0 aliphatic carbocycles. The van der Waals surface area contributed by atoms with Gasteiger partial charge >= 0.3 is 0 Å². The molecule has 121 valence electrons. The van der Waals surface area contributed by atoms with Crippen LogP contribution < -0.4 is 0 Å². The molecule has 1 radical (unpaired) electrons. The van der Waals surface area contributed by atoms with Gasteiger partial charge in [-0.3, -0.25) is 0 Å². The van der Waals surface area contributed by atoms with Gasteiger partial charge in [-0.1, -0.05) is 117 Å². The van der Waals surface area contributed by atoms with Crippen molar-refractivity contribution >= 4 is 0 Å². The first-order chi connectivity index (χ1) is 9.77.